The minimum Gasteiger partial charge on any atom is -0.595 e. The molecule has 6 nitrogen and oxygen atoms in total. The van der Waals surface area contributed by atoms with Crippen molar-refractivity contribution < 1.29 is 20.0 Å². The second kappa shape index (κ2) is 6.11. The molecule has 1 heterocycles. The first-order valence-corrected chi connectivity index (χ1v) is 10.3. The van der Waals surface area contributed by atoms with Gasteiger partial charge in [-0.15, -0.1) is 0 Å². The first-order chi connectivity index (χ1) is 14.9. The van der Waals surface area contributed by atoms with Crippen molar-refractivity contribution in [1.82, 2.24) is 0 Å². The van der Waals surface area contributed by atoms with Gasteiger partial charge in [-0.25, -0.2) is 10.1 Å². The van der Waals surface area contributed by atoms with Gasteiger partial charge in [-0.1, -0.05) is 55.5 Å². The van der Waals surface area contributed by atoms with Crippen molar-refractivity contribution in [1.29, 1.82) is 0 Å². The highest BCUT2D eigenvalue weighted by Gasteiger charge is 2.66. The van der Waals surface area contributed by atoms with Crippen molar-refractivity contribution >= 4 is 23.2 Å². The quantitative estimate of drug-likeness (QED) is 0.501. The highest BCUT2D eigenvalue weighted by molar-refractivity contribution is 6.23. The van der Waals surface area contributed by atoms with Crippen LogP contribution < -0.4 is 10.1 Å². The Morgan fingerprint density at radius 1 is 0.871 bits per heavy atom. The Morgan fingerprint density at radius 2 is 1.42 bits per heavy atom. The van der Waals surface area contributed by atoms with Crippen LogP contribution in [0.1, 0.15) is 35.1 Å². The van der Waals surface area contributed by atoms with Crippen LogP contribution in [-0.2, 0) is 15.0 Å². The normalized spacial score (nSPS) is 28.9. The zero-order valence-electron chi connectivity index (χ0n) is 16.8. The monoisotopic (exact) mass is 412 g/mol. The van der Waals surface area contributed by atoms with Gasteiger partial charge >= 0.3 is 0 Å². The molecule has 0 radical (unpaired) electrons. The summed E-state index contributed by atoms with van der Waals surface area (Å²) in [4.78, 5) is 28.8. The minimum atomic E-state index is -1.05. The summed E-state index contributed by atoms with van der Waals surface area (Å²) in [6.07, 6.45) is 0. The Bertz CT molecular complexity index is 1200. The lowest BCUT2D eigenvalue weighted by atomic mass is 9.48. The highest BCUT2D eigenvalue weighted by atomic mass is 16.8. The van der Waals surface area contributed by atoms with Gasteiger partial charge in [0.15, 0.2) is 5.69 Å². The van der Waals surface area contributed by atoms with Gasteiger partial charge in [0.1, 0.15) is 0 Å². The Kier molecular flexibility index (Phi) is 3.63. The van der Waals surface area contributed by atoms with E-state index >= 15 is 0 Å². The van der Waals surface area contributed by atoms with Gasteiger partial charge < -0.3 is 5.21 Å². The van der Waals surface area contributed by atoms with Crippen molar-refractivity contribution in [3.63, 3.8) is 0 Å². The molecule has 3 aliphatic carbocycles. The fourth-order valence-corrected chi connectivity index (χ4v) is 6.16. The summed E-state index contributed by atoms with van der Waals surface area (Å²) in [6.45, 7) is 2.08. The number of amides is 2. The van der Waals surface area contributed by atoms with Gasteiger partial charge in [0.05, 0.1) is 17.5 Å². The number of rotatable bonds is 2. The largest absolute Gasteiger partial charge is 0.595 e. The Balaban J connectivity index is 1.55. The molecular formula is C25H20N2O4. The fraction of sp³-hybridized carbons (Fsp3) is 0.200. The summed E-state index contributed by atoms with van der Waals surface area (Å²) >= 11 is 0. The molecule has 2 N–H and O–H groups in total. The SMILES string of the molecule is CC12c3ccccc3C(c3ccccc31)C1C(=O)N(c3ccc([NH+]([O-])O)cc3)C(=O)C12. The molecule has 0 spiro atoms. The third-order valence-corrected chi connectivity index (χ3v) is 7.42. The van der Waals surface area contributed by atoms with E-state index in [1.165, 1.54) is 17.0 Å². The van der Waals surface area contributed by atoms with Crippen LogP contribution in [0.15, 0.2) is 72.8 Å². The number of benzene rings is 3. The third-order valence-electron chi connectivity index (χ3n) is 7.42. The second-order valence-corrected chi connectivity index (χ2v) is 8.72. The third kappa shape index (κ3) is 2.16. The average Bonchev–Trinajstić information content (AvgIpc) is 3.06. The van der Waals surface area contributed by atoms with E-state index in [0.717, 1.165) is 22.3 Å². The van der Waals surface area contributed by atoms with E-state index in [2.05, 4.69) is 31.2 Å². The number of carbonyl (C=O) groups is 2. The molecule has 6 heteroatoms. The summed E-state index contributed by atoms with van der Waals surface area (Å²) in [5.41, 5.74) is 4.41. The number of hydrogen-bond donors (Lipinski definition) is 2. The van der Waals surface area contributed by atoms with Gasteiger partial charge in [0.2, 0.25) is 11.8 Å². The molecule has 0 aromatic heterocycles. The van der Waals surface area contributed by atoms with E-state index in [-0.39, 0.29) is 23.4 Å². The predicted octanol–water partition coefficient (Wildman–Crippen LogP) is 2.66. The fourth-order valence-electron chi connectivity index (χ4n) is 6.16. The van der Waals surface area contributed by atoms with E-state index in [1.54, 1.807) is 12.1 Å². The van der Waals surface area contributed by atoms with E-state index in [1.807, 2.05) is 24.3 Å². The van der Waals surface area contributed by atoms with E-state index in [0.29, 0.717) is 5.69 Å². The number of imide groups is 1. The summed E-state index contributed by atoms with van der Waals surface area (Å²) in [7, 11) is 0. The molecule has 31 heavy (non-hydrogen) atoms. The van der Waals surface area contributed by atoms with Gasteiger partial charge in [-0.3, -0.25) is 9.59 Å². The standard InChI is InChI=1S/C25H20N2O4/c1-25-18-8-4-2-6-16(18)20(17-7-3-5-9-19(17)25)21-22(25)24(29)26(23(21)28)14-10-12-15(13-11-14)27(30)31/h2-13,20-22,27,30H,1H3. The van der Waals surface area contributed by atoms with Crippen LogP contribution in [-0.4, -0.2) is 17.0 Å². The van der Waals surface area contributed by atoms with Crippen molar-refractivity contribution in [2.45, 2.75) is 18.3 Å². The maximum atomic E-state index is 13.8. The molecular weight excluding hydrogens is 392 g/mol. The molecule has 0 saturated carbocycles. The summed E-state index contributed by atoms with van der Waals surface area (Å²) in [6, 6.07) is 22.2. The summed E-state index contributed by atoms with van der Waals surface area (Å²) in [5.74, 6) is -1.55. The Hall–Kier alpha value is -3.32. The van der Waals surface area contributed by atoms with Crippen molar-refractivity contribution in [3.05, 3.63) is 100 Å². The first kappa shape index (κ1) is 18.4. The number of anilines is 1. The van der Waals surface area contributed by atoms with E-state index in [9.17, 15) is 20.0 Å². The molecule has 3 atom stereocenters. The van der Waals surface area contributed by atoms with Crippen LogP contribution in [0.5, 0.6) is 0 Å². The molecule has 2 bridgehead atoms. The lowest BCUT2D eigenvalue weighted by Crippen LogP contribution is -2.99. The van der Waals surface area contributed by atoms with Crippen LogP contribution in [0.4, 0.5) is 11.4 Å². The smallest absolute Gasteiger partial charge is 0.238 e. The molecule has 2 amide bonds. The minimum absolute atomic E-state index is 0.118. The molecule has 1 aliphatic heterocycles. The highest BCUT2D eigenvalue weighted by Crippen LogP contribution is 2.64. The molecule has 7 rings (SSSR count). The number of nitrogens with zero attached hydrogens (tertiary/aromatic N) is 1. The lowest BCUT2D eigenvalue weighted by molar-refractivity contribution is -0.991. The van der Waals surface area contributed by atoms with Crippen molar-refractivity contribution in [3.8, 4) is 0 Å². The van der Waals surface area contributed by atoms with Gasteiger partial charge in [0, 0.05) is 23.5 Å². The second-order valence-electron chi connectivity index (χ2n) is 8.72. The topological polar surface area (TPSA) is 85.1 Å². The molecule has 1 fully saturated rings. The Labute approximate surface area is 178 Å². The lowest BCUT2D eigenvalue weighted by Gasteiger charge is -2.52. The van der Waals surface area contributed by atoms with Crippen LogP contribution in [0.25, 0.3) is 0 Å². The van der Waals surface area contributed by atoms with Crippen LogP contribution in [0, 0.1) is 17.0 Å². The van der Waals surface area contributed by atoms with Crippen molar-refractivity contribution in [2.75, 3.05) is 4.90 Å². The van der Waals surface area contributed by atoms with E-state index < -0.39 is 22.5 Å². The number of hydrogen-bond acceptors (Lipinski definition) is 4. The number of quaternary nitrogens is 1. The molecule has 154 valence electrons. The van der Waals surface area contributed by atoms with Crippen molar-refractivity contribution in [2.24, 2.45) is 11.8 Å². The number of carbonyl (C=O) groups excluding carboxylic acids is 2. The molecule has 3 aromatic carbocycles. The summed E-state index contributed by atoms with van der Waals surface area (Å²) < 4.78 is 0. The Morgan fingerprint density at radius 3 is 1.97 bits per heavy atom. The first-order valence-electron chi connectivity index (χ1n) is 10.3. The molecule has 4 aliphatic rings. The van der Waals surface area contributed by atoms with Gasteiger partial charge in [-0.05, 0) is 34.4 Å². The van der Waals surface area contributed by atoms with Crippen LogP contribution in [0.3, 0.4) is 0 Å². The molecule has 3 unspecified atom stereocenters. The average molecular weight is 412 g/mol. The zero-order valence-corrected chi connectivity index (χ0v) is 16.8. The maximum absolute atomic E-state index is 13.8. The maximum Gasteiger partial charge on any atom is 0.238 e. The predicted molar refractivity (Wildman–Crippen MR) is 113 cm³/mol. The van der Waals surface area contributed by atoms with Crippen LogP contribution >= 0.6 is 0 Å². The van der Waals surface area contributed by atoms with E-state index in [4.69, 9.17) is 0 Å². The van der Waals surface area contributed by atoms with Crippen LogP contribution in [0.2, 0.25) is 0 Å². The zero-order chi connectivity index (χ0) is 21.5. The van der Waals surface area contributed by atoms with Gasteiger partial charge in [-0.2, -0.15) is 5.23 Å². The summed E-state index contributed by atoms with van der Waals surface area (Å²) in [5, 5.41) is 19.3. The molecule has 1 saturated heterocycles. The van der Waals surface area contributed by atoms with Gasteiger partial charge in [0.25, 0.3) is 0 Å². The molecule has 3 aromatic rings. The number of nitrogens with one attached hydrogen (secondary N) is 1.